The van der Waals surface area contributed by atoms with E-state index in [1.165, 1.54) is 0 Å². The molecule has 3 nitrogen and oxygen atoms in total. The molecule has 1 atom stereocenters. The van der Waals surface area contributed by atoms with E-state index in [1.54, 1.807) is 29.5 Å². The minimum atomic E-state index is -3.57. The van der Waals surface area contributed by atoms with E-state index in [-0.39, 0.29) is 10.9 Å². The molecule has 0 spiro atoms. The Labute approximate surface area is 146 Å². The van der Waals surface area contributed by atoms with E-state index in [2.05, 4.69) is 36.6 Å². The van der Waals surface area contributed by atoms with Crippen LogP contribution in [0.2, 0.25) is 0 Å². The highest BCUT2D eigenvalue weighted by Gasteiger charge is 2.23. The molecule has 0 saturated carbocycles. The average Bonchev–Trinajstić information content (AvgIpc) is 2.91. The summed E-state index contributed by atoms with van der Waals surface area (Å²) in [7, 11) is -3.57. The summed E-state index contributed by atoms with van der Waals surface area (Å²) >= 11 is 8.21. The molecule has 1 unspecified atom stereocenters. The van der Waals surface area contributed by atoms with Gasteiger partial charge in [0.1, 0.15) is 0 Å². The van der Waals surface area contributed by atoms with Gasteiger partial charge in [-0.05, 0) is 52.0 Å². The second kappa shape index (κ2) is 7.37. The molecule has 1 heterocycles. The van der Waals surface area contributed by atoms with Crippen LogP contribution in [0.25, 0.3) is 0 Å². The molecule has 0 aliphatic carbocycles. The molecule has 7 heteroatoms. The van der Waals surface area contributed by atoms with Gasteiger partial charge >= 0.3 is 0 Å². The Balaban J connectivity index is 2.30. The number of hydrogen-bond donors (Lipinski definition) is 1. The Hall–Kier alpha value is -0.210. The van der Waals surface area contributed by atoms with E-state index >= 15 is 0 Å². The van der Waals surface area contributed by atoms with Crippen LogP contribution in [-0.4, -0.2) is 8.42 Å². The zero-order valence-electron chi connectivity index (χ0n) is 11.3. The molecular formula is C14H15Br2NO2S2. The van der Waals surface area contributed by atoms with E-state index in [4.69, 9.17) is 0 Å². The van der Waals surface area contributed by atoms with Gasteiger partial charge in [0, 0.05) is 13.8 Å². The number of nitrogens with one attached hydrogen (secondary N) is 1. The van der Waals surface area contributed by atoms with Crippen molar-refractivity contribution in [3.8, 4) is 0 Å². The van der Waals surface area contributed by atoms with Gasteiger partial charge < -0.3 is 0 Å². The minimum Gasteiger partial charge on any atom is -0.207 e. The fourth-order valence-electron chi connectivity index (χ4n) is 1.98. The van der Waals surface area contributed by atoms with E-state index < -0.39 is 10.0 Å². The maximum Gasteiger partial charge on any atom is 0.242 e. The summed E-state index contributed by atoms with van der Waals surface area (Å²) in [5.41, 5.74) is 0. The van der Waals surface area contributed by atoms with E-state index in [0.29, 0.717) is 4.47 Å². The van der Waals surface area contributed by atoms with Gasteiger partial charge in [0.15, 0.2) is 0 Å². The van der Waals surface area contributed by atoms with Gasteiger partial charge in [-0.25, -0.2) is 13.1 Å². The SMILES string of the molecule is CCCC(NS(=O)(=O)c1ccc(Br)cc1Br)c1cccs1. The highest BCUT2D eigenvalue weighted by molar-refractivity contribution is 9.11. The molecule has 2 aromatic rings. The molecule has 0 aliphatic rings. The predicted molar refractivity (Wildman–Crippen MR) is 94.1 cm³/mol. The number of benzene rings is 1. The smallest absolute Gasteiger partial charge is 0.207 e. The van der Waals surface area contributed by atoms with Crippen molar-refractivity contribution in [2.75, 3.05) is 0 Å². The number of hydrogen-bond acceptors (Lipinski definition) is 3. The van der Waals surface area contributed by atoms with Crippen LogP contribution < -0.4 is 4.72 Å². The molecule has 1 aromatic carbocycles. The zero-order chi connectivity index (χ0) is 15.5. The molecule has 0 bridgehead atoms. The van der Waals surface area contributed by atoms with Gasteiger partial charge in [0.2, 0.25) is 10.0 Å². The third kappa shape index (κ3) is 4.39. The Bertz CT molecular complexity index is 700. The number of rotatable bonds is 6. The summed E-state index contributed by atoms with van der Waals surface area (Å²) in [6, 6.07) is 8.76. The monoisotopic (exact) mass is 451 g/mol. The topological polar surface area (TPSA) is 46.2 Å². The fourth-order valence-corrected chi connectivity index (χ4v) is 5.86. The van der Waals surface area contributed by atoms with Gasteiger partial charge in [0.05, 0.1) is 10.9 Å². The Morgan fingerprint density at radius 2 is 2.05 bits per heavy atom. The van der Waals surface area contributed by atoms with Crippen molar-refractivity contribution in [3.05, 3.63) is 49.5 Å². The highest BCUT2D eigenvalue weighted by Crippen LogP contribution is 2.29. The second-order valence-electron chi connectivity index (χ2n) is 4.55. The van der Waals surface area contributed by atoms with E-state index in [0.717, 1.165) is 22.2 Å². The van der Waals surface area contributed by atoms with Crippen LogP contribution in [0.15, 0.2) is 49.6 Å². The van der Waals surface area contributed by atoms with Crippen LogP contribution in [0.4, 0.5) is 0 Å². The first-order valence-corrected chi connectivity index (χ1v) is 10.4. The quantitative estimate of drug-likeness (QED) is 0.663. The van der Waals surface area contributed by atoms with Crippen molar-refractivity contribution in [1.82, 2.24) is 4.72 Å². The maximum atomic E-state index is 12.6. The van der Waals surface area contributed by atoms with Crippen LogP contribution in [-0.2, 0) is 10.0 Å². The third-order valence-corrected chi connectivity index (χ3v) is 6.87. The van der Waals surface area contributed by atoms with Crippen LogP contribution in [0.5, 0.6) is 0 Å². The molecule has 0 aliphatic heterocycles. The first-order chi connectivity index (χ1) is 9.94. The molecule has 2 rings (SSSR count). The van der Waals surface area contributed by atoms with Crippen molar-refractivity contribution >= 4 is 53.2 Å². The molecule has 114 valence electrons. The normalized spacial score (nSPS) is 13.3. The molecular weight excluding hydrogens is 438 g/mol. The van der Waals surface area contributed by atoms with Gasteiger partial charge in [-0.2, -0.15) is 0 Å². The average molecular weight is 453 g/mol. The Morgan fingerprint density at radius 1 is 1.29 bits per heavy atom. The molecule has 0 amide bonds. The first kappa shape index (κ1) is 17.1. The lowest BCUT2D eigenvalue weighted by atomic mass is 10.1. The fraction of sp³-hybridized carbons (Fsp3) is 0.286. The lowest BCUT2D eigenvalue weighted by molar-refractivity contribution is 0.540. The van der Waals surface area contributed by atoms with Gasteiger partial charge in [-0.3, -0.25) is 0 Å². The number of thiophene rings is 1. The maximum absolute atomic E-state index is 12.6. The van der Waals surface area contributed by atoms with Crippen LogP contribution in [0.1, 0.15) is 30.7 Å². The summed E-state index contributed by atoms with van der Waals surface area (Å²) < 4.78 is 29.4. The standard InChI is InChI=1S/C14H15Br2NO2S2/c1-2-4-12(13-5-3-8-20-13)17-21(18,19)14-7-6-10(15)9-11(14)16/h3,5-9,12,17H,2,4H2,1H3. The van der Waals surface area contributed by atoms with Crippen LogP contribution in [0.3, 0.4) is 0 Å². The molecule has 1 N–H and O–H groups in total. The summed E-state index contributed by atoms with van der Waals surface area (Å²) in [5.74, 6) is 0. The number of halogens is 2. The molecule has 1 aromatic heterocycles. The summed E-state index contributed by atoms with van der Waals surface area (Å²) in [5, 5.41) is 1.96. The Kier molecular flexibility index (Phi) is 6.02. The third-order valence-electron chi connectivity index (χ3n) is 2.94. The molecule has 0 fully saturated rings. The number of sulfonamides is 1. The van der Waals surface area contributed by atoms with Crippen LogP contribution >= 0.6 is 43.2 Å². The van der Waals surface area contributed by atoms with Gasteiger partial charge in [-0.1, -0.05) is 35.3 Å². The zero-order valence-corrected chi connectivity index (χ0v) is 16.1. The molecule has 21 heavy (non-hydrogen) atoms. The predicted octanol–water partition coefficient (Wildman–Crippen LogP) is 5.09. The summed E-state index contributed by atoms with van der Waals surface area (Å²) in [6.07, 6.45) is 1.68. The Morgan fingerprint density at radius 3 is 2.62 bits per heavy atom. The first-order valence-electron chi connectivity index (χ1n) is 6.45. The van der Waals surface area contributed by atoms with Crippen molar-refractivity contribution in [3.63, 3.8) is 0 Å². The van der Waals surface area contributed by atoms with Crippen molar-refractivity contribution in [2.45, 2.75) is 30.7 Å². The van der Waals surface area contributed by atoms with Crippen molar-refractivity contribution < 1.29 is 8.42 Å². The van der Waals surface area contributed by atoms with Crippen molar-refractivity contribution in [1.29, 1.82) is 0 Å². The van der Waals surface area contributed by atoms with Gasteiger partial charge in [-0.15, -0.1) is 11.3 Å². The largest absolute Gasteiger partial charge is 0.242 e. The van der Waals surface area contributed by atoms with Gasteiger partial charge in [0.25, 0.3) is 0 Å². The lowest BCUT2D eigenvalue weighted by Crippen LogP contribution is -2.28. The minimum absolute atomic E-state index is 0.185. The second-order valence-corrected chi connectivity index (χ2v) is 8.98. The highest BCUT2D eigenvalue weighted by atomic mass is 79.9. The van der Waals surface area contributed by atoms with Crippen molar-refractivity contribution in [2.24, 2.45) is 0 Å². The van der Waals surface area contributed by atoms with E-state index in [9.17, 15) is 8.42 Å². The summed E-state index contributed by atoms with van der Waals surface area (Å²) in [6.45, 7) is 2.05. The lowest BCUT2D eigenvalue weighted by Gasteiger charge is -2.17. The molecule has 0 radical (unpaired) electrons. The van der Waals surface area contributed by atoms with E-state index in [1.807, 2.05) is 24.4 Å². The molecule has 0 saturated heterocycles. The van der Waals surface area contributed by atoms with Crippen LogP contribution in [0, 0.1) is 0 Å². The summed E-state index contributed by atoms with van der Waals surface area (Å²) in [4.78, 5) is 1.29.